The van der Waals surface area contributed by atoms with Crippen LogP contribution in [0.1, 0.15) is 33.7 Å². The molecule has 0 bridgehead atoms. The molecule has 6 heteroatoms. The molecule has 0 saturated heterocycles. The van der Waals surface area contributed by atoms with Gasteiger partial charge >= 0.3 is 0 Å². The van der Waals surface area contributed by atoms with Crippen molar-refractivity contribution in [1.29, 1.82) is 5.26 Å². The molecular formula is C22H23N3O3. The fourth-order valence-corrected chi connectivity index (χ4v) is 3.22. The highest BCUT2D eigenvalue weighted by molar-refractivity contribution is 5.93. The van der Waals surface area contributed by atoms with Crippen molar-refractivity contribution >= 4 is 11.7 Å². The SMILES string of the molecule is Cc1cccc(C)c1OCC(=O)Nc1c(C#N)c(C)c(C)n1Cc1ccco1. The molecule has 2 aromatic heterocycles. The van der Waals surface area contributed by atoms with Crippen molar-refractivity contribution in [2.24, 2.45) is 0 Å². The Bertz CT molecular complexity index is 1020. The van der Waals surface area contributed by atoms with E-state index >= 15 is 0 Å². The van der Waals surface area contributed by atoms with Gasteiger partial charge in [0.1, 0.15) is 23.4 Å². The summed E-state index contributed by atoms with van der Waals surface area (Å²) in [5, 5.41) is 12.4. The first kappa shape index (κ1) is 19.3. The molecule has 0 spiro atoms. The number of anilines is 1. The first-order valence-electron chi connectivity index (χ1n) is 9.03. The summed E-state index contributed by atoms with van der Waals surface area (Å²) in [6.45, 7) is 7.96. The molecule has 0 aliphatic rings. The van der Waals surface area contributed by atoms with Crippen molar-refractivity contribution in [2.75, 3.05) is 11.9 Å². The fourth-order valence-electron chi connectivity index (χ4n) is 3.22. The number of nitrogens with zero attached hydrogens (tertiary/aromatic N) is 2. The summed E-state index contributed by atoms with van der Waals surface area (Å²) < 4.78 is 13.0. The number of nitriles is 1. The van der Waals surface area contributed by atoms with Crippen LogP contribution in [0.4, 0.5) is 5.82 Å². The molecule has 0 saturated carbocycles. The lowest BCUT2D eigenvalue weighted by molar-refractivity contribution is -0.118. The van der Waals surface area contributed by atoms with E-state index in [1.807, 2.05) is 62.6 Å². The molecule has 28 heavy (non-hydrogen) atoms. The van der Waals surface area contributed by atoms with Gasteiger partial charge in [0.05, 0.1) is 18.4 Å². The number of hydrogen-bond acceptors (Lipinski definition) is 4. The molecule has 1 aromatic carbocycles. The Morgan fingerprint density at radius 3 is 2.50 bits per heavy atom. The number of nitrogens with one attached hydrogen (secondary N) is 1. The van der Waals surface area contributed by atoms with Crippen molar-refractivity contribution in [3.8, 4) is 11.8 Å². The molecule has 0 unspecified atom stereocenters. The number of furan rings is 1. The van der Waals surface area contributed by atoms with Gasteiger partial charge in [0.25, 0.3) is 5.91 Å². The minimum atomic E-state index is -0.322. The summed E-state index contributed by atoms with van der Waals surface area (Å²) >= 11 is 0. The van der Waals surface area contributed by atoms with Crippen molar-refractivity contribution in [3.05, 3.63) is 70.3 Å². The number of carbonyl (C=O) groups excluding carboxylic acids is 1. The van der Waals surface area contributed by atoms with Crippen LogP contribution in [0, 0.1) is 39.0 Å². The molecule has 0 atom stereocenters. The average Bonchev–Trinajstić information content (AvgIpc) is 3.24. The number of aromatic nitrogens is 1. The van der Waals surface area contributed by atoms with Crippen LogP contribution >= 0.6 is 0 Å². The zero-order valence-corrected chi connectivity index (χ0v) is 16.5. The molecular weight excluding hydrogens is 354 g/mol. The summed E-state index contributed by atoms with van der Waals surface area (Å²) in [4.78, 5) is 12.6. The van der Waals surface area contributed by atoms with Gasteiger partial charge in [0.2, 0.25) is 0 Å². The summed E-state index contributed by atoms with van der Waals surface area (Å²) in [6, 6.07) is 11.7. The lowest BCUT2D eigenvalue weighted by Crippen LogP contribution is -2.23. The van der Waals surface area contributed by atoms with Crippen LogP contribution in [0.3, 0.4) is 0 Å². The number of benzene rings is 1. The van der Waals surface area contributed by atoms with Gasteiger partial charge in [0, 0.05) is 5.69 Å². The highest BCUT2D eigenvalue weighted by Gasteiger charge is 2.20. The number of rotatable bonds is 6. The van der Waals surface area contributed by atoms with Crippen molar-refractivity contribution in [1.82, 2.24) is 4.57 Å². The van der Waals surface area contributed by atoms with E-state index < -0.39 is 0 Å². The third-order valence-corrected chi connectivity index (χ3v) is 4.85. The number of carbonyl (C=O) groups is 1. The monoisotopic (exact) mass is 377 g/mol. The van der Waals surface area contributed by atoms with E-state index in [9.17, 15) is 10.1 Å². The first-order chi connectivity index (χ1) is 13.4. The number of para-hydroxylation sites is 1. The second-order valence-corrected chi connectivity index (χ2v) is 6.77. The quantitative estimate of drug-likeness (QED) is 0.696. The predicted molar refractivity (Wildman–Crippen MR) is 106 cm³/mol. The second-order valence-electron chi connectivity index (χ2n) is 6.77. The van der Waals surface area contributed by atoms with E-state index in [4.69, 9.17) is 9.15 Å². The second kappa shape index (κ2) is 8.05. The predicted octanol–water partition coefficient (Wildman–Crippen LogP) is 4.25. The standard InChI is InChI=1S/C22H23N3O3/c1-14-7-5-8-15(2)21(14)28-13-20(26)24-22-19(11-23)16(3)17(4)25(22)12-18-9-6-10-27-18/h5-10H,12-13H2,1-4H3,(H,24,26). The normalized spacial score (nSPS) is 10.5. The van der Waals surface area contributed by atoms with E-state index in [0.29, 0.717) is 23.7 Å². The van der Waals surface area contributed by atoms with Crippen LogP contribution in [-0.4, -0.2) is 17.1 Å². The van der Waals surface area contributed by atoms with Crippen LogP contribution in [-0.2, 0) is 11.3 Å². The zero-order valence-electron chi connectivity index (χ0n) is 16.5. The van der Waals surface area contributed by atoms with E-state index in [1.165, 1.54) is 0 Å². The first-order valence-corrected chi connectivity index (χ1v) is 9.03. The Balaban J connectivity index is 1.82. The lowest BCUT2D eigenvalue weighted by Gasteiger charge is -2.14. The number of aryl methyl sites for hydroxylation is 2. The maximum Gasteiger partial charge on any atom is 0.263 e. The highest BCUT2D eigenvalue weighted by atomic mass is 16.5. The van der Waals surface area contributed by atoms with E-state index in [0.717, 1.165) is 28.1 Å². The van der Waals surface area contributed by atoms with Crippen LogP contribution in [0.15, 0.2) is 41.0 Å². The molecule has 3 aromatic rings. The number of hydrogen-bond donors (Lipinski definition) is 1. The summed E-state index contributed by atoms with van der Waals surface area (Å²) in [5.41, 5.74) is 4.13. The van der Waals surface area contributed by atoms with Gasteiger partial charge in [-0.15, -0.1) is 0 Å². The zero-order chi connectivity index (χ0) is 20.3. The third kappa shape index (κ3) is 3.79. The number of amides is 1. The molecule has 1 amide bonds. The van der Waals surface area contributed by atoms with E-state index in [1.54, 1.807) is 6.26 Å². The van der Waals surface area contributed by atoms with Gasteiger partial charge in [-0.3, -0.25) is 4.79 Å². The van der Waals surface area contributed by atoms with Crippen molar-refractivity contribution < 1.29 is 13.9 Å². The Morgan fingerprint density at radius 2 is 1.89 bits per heavy atom. The molecule has 0 radical (unpaired) electrons. The molecule has 0 aliphatic heterocycles. The minimum absolute atomic E-state index is 0.138. The summed E-state index contributed by atoms with van der Waals surface area (Å²) in [5.74, 6) is 1.59. The molecule has 0 aliphatic carbocycles. The minimum Gasteiger partial charge on any atom is -0.483 e. The lowest BCUT2D eigenvalue weighted by atomic mass is 10.1. The highest BCUT2D eigenvalue weighted by Crippen LogP contribution is 2.28. The largest absolute Gasteiger partial charge is 0.483 e. The van der Waals surface area contributed by atoms with Crippen LogP contribution < -0.4 is 10.1 Å². The Morgan fingerprint density at radius 1 is 1.18 bits per heavy atom. The molecule has 3 rings (SSSR count). The van der Waals surface area contributed by atoms with Crippen LogP contribution in [0.25, 0.3) is 0 Å². The number of ether oxygens (including phenoxy) is 1. The van der Waals surface area contributed by atoms with Gasteiger partial charge in [-0.05, 0) is 56.5 Å². The maximum absolute atomic E-state index is 12.6. The van der Waals surface area contributed by atoms with E-state index in [2.05, 4.69) is 11.4 Å². The van der Waals surface area contributed by atoms with Crippen LogP contribution in [0.2, 0.25) is 0 Å². The molecule has 2 heterocycles. The Hall–Kier alpha value is -3.46. The topological polar surface area (TPSA) is 80.2 Å². The van der Waals surface area contributed by atoms with E-state index in [-0.39, 0.29) is 12.5 Å². The maximum atomic E-state index is 12.6. The van der Waals surface area contributed by atoms with Crippen LogP contribution in [0.5, 0.6) is 5.75 Å². The fraction of sp³-hybridized carbons (Fsp3) is 0.273. The van der Waals surface area contributed by atoms with Gasteiger partial charge < -0.3 is 19.0 Å². The molecule has 144 valence electrons. The molecule has 6 nitrogen and oxygen atoms in total. The van der Waals surface area contributed by atoms with Gasteiger partial charge in [0.15, 0.2) is 6.61 Å². The summed E-state index contributed by atoms with van der Waals surface area (Å²) in [7, 11) is 0. The van der Waals surface area contributed by atoms with Gasteiger partial charge in [-0.1, -0.05) is 18.2 Å². The smallest absolute Gasteiger partial charge is 0.263 e. The van der Waals surface area contributed by atoms with Crippen molar-refractivity contribution in [2.45, 2.75) is 34.2 Å². The average molecular weight is 377 g/mol. The Labute approximate surface area is 164 Å². The van der Waals surface area contributed by atoms with Gasteiger partial charge in [-0.25, -0.2) is 0 Å². The summed E-state index contributed by atoms with van der Waals surface area (Å²) in [6.07, 6.45) is 1.60. The Kier molecular flexibility index (Phi) is 5.55. The van der Waals surface area contributed by atoms with Gasteiger partial charge in [-0.2, -0.15) is 5.26 Å². The molecule has 0 fully saturated rings. The molecule has 1 N–H and O–H groups in total. The third-order valence-electron chi connectivity index (χ3n) is 4.85. The van der Waals surface area contributed by atoms with Crippen molar-refractivity contribution in [3.63, 3.8) is 0 Å².